The lowest BCUT2D eigenvalue weighted by Gasteiger charge is -2.20. The zero-order valence-corrected chi connectivity index (χ0v) is 22.2. The number of furan rings is 1. The molecule has 4 rings (SSSR count). The van der Waals surface area contributed by atoms with Crippen molar-refractivity contribution in [3.8, 4) is 5.69 Å². The molecule has 10 heteroatoms. The number of Topliss-reactive ketones (excluding diaryl/α,β-unsaturated/α-hetero) is 1. The number of aromatic nitrogens is 3. The van der Waals surface area contributed by atoms with Gasteiger partial charge in [-0.25, -0.2) is 9.48 Å². The summed E-state index contributed by atoms with van der Waals surface area (Å²) in [5.41, 5.74) is 2.19. The van der Waals surface area contributed by atoms with Crippen LogP contribution in [0.4, 0.5) is 5.88 Å². The van der Waals surface area contributed by atoms with Crippen LogP contribution in [0.5, 0.6) is 0 Å². The van der Waals surface area contributed by atoms with E-state index in [1.165, 1.54) is 24.5 Å². The molecule has 38 heavy (non-hydrogen) atoms. The normalized spacial score (nSPS) is 11.9. The molecule has 0 saturated heterocycles. The van der Waals surface area contributed by atoms with Crippen molar-refractivity contribution in [2.24, 2.45) is 0 Å². The van der Waals surface area contributed by atoms with Crippen LogP contribution in [0.25, 0.3) is 16.7 Å². The van der Waals surface area contributed by atoms with Crippen molar-refractivity contribution in [3.63, 3.8) is 0 Å². The van der Waals surface area contributed by atoms with Crippen LogP contribution < -0.4 is 10.9 Å². The topological polar surface area (TPSA) is 125 Å². The van der Waals surface area contributed by atoms with Gasteiger partial charge in [-0.05, 0) is 58.7 Å². The van der Waals surface area contributed by atoms with E-state index in [9.17, 15) is 19.2 Å². The summed E-state index contributed by atoms with van der Waals surface area (Å²) in [6.07, 6.45) is 0.247. The third-order valence-corrected chi connectivity index (χ3v) is 6.39. The number of para-hydroxylation sites is 1. The molecule has 0 spiro atoms. The minimum atomic E-state index is -0.981. The molecule has 3 aromatic heterocycles. The fourth-order valence-corrected chi connectivity index (χ4v) is 4.82. The standard InChI is InChI=1S/C28H30N4O6/c1-7-20(25(35)29-26-24(28(36)37-8-2)23(17(5)33)18(6)38-26)31-21(34)14-15(3)22-16(4)30-32(27(22)31)19-12-10-9-11-13-19/h9-14,20H,7-8H2,1-6H3,(H,29,35). The monoisotopic (exact) mass is 518 g/mol. The number of aryl methyl sites for hydroxylation is 3. The number of esters is 1. The number of ether oxygens (including phenoxy) is 1. The van der Waals surface area contributed by atoms with Crippen molar-refractivity contribution in [1.29, 1.82) is 0 Å². The summed E-state index contributed by atoms with van der Waals surface area (Å²) in [5.74, 6) is -1.80. The molecular weight excluding hydrogens is 488 g/mol. The van der Waals surface area contributed by atoms with Gasteiger partial charge in [0, 0.05) is 11.5 Å². The van der Waals surface area contributed by atoms with Crippen molar-refractivity contribution < 1.29 is 23.5 Å². The lowest BCUT2D eigenvalue weighted by atomic mass is 10.1. The molecule has 0 aliphatic heterocycles. The largest absolute Gasteiger partial charge is 0.462 e. The second kappa shape index (κ2) is 10.5. The smallest absolute Gasteiger partial charge is 0.344 e. The second-order valence-corrected chi connectivity index (χ2v) is 8.99. The molecule has 1 N–H and O–H groups in total. The molecule has 0 radical (unpaired) electrons. The molecule has 3 heterocycles. The number of nitrogens with zero attached hydrogens (tertiary/aromatic N) is 3. The summed E-state index contributed by atoms with van der Waals surface area (Å²) in [5, 5.41) is 8.09. The van der Waals surface area contributed by atoms with E-state index in [4.69, 9.17) is 9.15 Å². The first-order chi connectivity index (χ1) is 18.1. The number of hydrogen-bond donors (Lipinski definition) is 1. The van der Waals surface area contributed by atoms with Gasteiger partial charge in [0.2, 0.25) is 11.8 Å². The molecule has 1 atom stereocenters. The Balaban J connectivity index is 1.88. The van der Waals surface area contributed by atoms with Crippen molar-refractivity contribution in [1.82, 2.24) is 14.3 Å². The molecular formula is C28H30N4O6. The Morgan fingerprint density at radius 3 is 2.37 bits per heavy atom. The average molecular weight is 519 g/mol. The first-order valence-corrected chi connectivity index (χ1v) is 12.4. The number of pyridine rings is 1. The van der Waals surface area contributed by atoms with Crippen molar-refractivity contribution in [3.05, 3.63) is 74.9 Å². The Morgan fingerprint density at radius 2 is 1.76 bits per heavy atom. The van der Waals surface area contributed by atoms with E-state index in [2.05, 4.69) is 10.4 Å². The van der Waals surface area contributed by atoms with Crippen LogP contribution in [0.2, 0.25) is 0 Å². The zero-order valence-electron chi connectivity index (χ0n) is 22.2. The number of carbonyl (C=O) groups excluding carboxylic acids is 3. The van der Waals surface area contributed by atoms with Crippen LogP contribution in [0.1, 0.15) is 71.0 Å². The third-order valence-electron chi connectivity index (χ3n) is 6.39. The maximum Gasteiger partial charge on any atom is 0.344 e. The number of benzene rings is 1. The molecule has 0 aliphatic rings. The first-order valence-electron chi connectivity index (χ1n) is 12.4. The first kappa shape index (κ1) is 26.6. The van der Waals surface area contributed by atoms with E-state index in [-0.39, 0.29) is 41.4 Å². The van der Waals surface area contributed by atoms with Crippen molar-refractivity contribution in [2.75, 3.05) is 11.9 Å². The fourth-order valence-electron chi connectivity index (χ4n) is 4.82. The Morgan fingerprint density at radius 1 is 1.08 bits per heavy atom. The van der Waals surface area contributed by atoms with Gasteiger partial charge in [-0.1, -0.05) is 25.1 Å². The highest BCUT2D eigenvalue weighted by atomic mass is 16.5. The lowest BCUT2D eigenvalue weighted by Crippen LogP contribution is -2.34. The quantitative estimate of drug-likeness (QED) is 0.265. The van der Waals surface area contributed by atoms with E-state index in [1.807, 2.05) is 44.2 Å². The number of fused-ring (bicyclic) bond motifs is 1. The van der Waals surface area contributed by atoms with Crippen LogP contribution in [0.15, 0.2) is 45.6 Å². The number of amides is 1. The molecule has 1 aromatic carbocycles. The van der Waals surface area contributed by atoms with Gasteiger partial charge in [0.15, 0.2) is 5.78 Å². The van der Waals surface area contributed by atoms with Gasteiger partial charge in [0.05, 0.1) is 23.6 Å². The number of ketones is 1. The predicted molar refractivity (Wildman–Crippen MR) is 142 cm³/mol. The minimum Gasteiger partial charge on any atom is -0.462 e. The Labute approximate surface area is 219 Å². The number of nitrogens with one attached hydrogen (secondary N) is 1. The second-order valence-electron chi connectivity index (χ2n) is 8.99. The van der Waals surface area contributed by atoms with E-state index < -0.39 is 23.7 Å². The van der Waals surface area contributed by atoms with E-state index in [0.29, 0.717) is 11.3 Å². The zero-order chi connectivity index (χ0) is 27.7. The van der Waals surface area contributed by atoms with Crippen LogP contribution in [0.3, 0.4) is 0 Å². The molecule has 1 unspecified atom stereocenters. The molecule has 10 nitrogen and oxygen atoms in total. The van der Waals surface area contributed by atoms with Crippen molar-refractivity contribution in [2.45, 2.75) is 54.0 Å². The highest BCUT2D eigenvalue weighted by molar-refractivity contribution is 6.11. The van der Waals surface area contributed by atoms with Crippen LogP contribution in [0, 0.1) is 20.8 Å². The number of rotatable bonds is 8. The molecule has 0 saturated carbocycles. The van der Waals surface area contributed by atoms with Gasteiger partial charge >= 0.3 is 5.97 Å². The van der Waals surface area contributed by atoms with Crippen molar-refractivity contribution >= 4 is 34.6 Å². The summed E-state index contributed by atoms with van der Waals surface area (Å²) >= 11 is 0. The summed E-state index contributed by atoms with van der Waals surface area (Å²) in [6.45, 7) is 10.0. The molecule has 1 amide bonds. The lowest BCUT2D eigenvalue weighted by molar-refractivity contribution is -0.119. The number of anilines is 1. The SMILES string of the molecule is CCOC(=O)c1c(NC(=O)C(CC)n2c(=O)cc(C)c3c(C)nn(-c4ccccc4)c32)oc(C)c1C(C)=O. The molecule has 0 fully saturated rings. The third kappa shape index (κ3) is 4.53. The summed E-state index contributed by atoms with van der Waals surface area (Å²) in [7, 11) is 0. The van der Waals surface area contributed by atoms with Gasteiger partial charge in [0.25, 0.3) is 5.56 Å². The fraction of sp³-hybridized carbons (Fsp3) is 0.321. The van der Waals surface area contributed by atoms with Crippen LogP contribution in [-0.4, -0.2) is 38.6 Å². The van der Waals surface area contributed by atoms with E-state index in [0.717, 1.165) is 16.6 Å². The number of carbonyl (C=O) groups is 3. The van der Waals surface area contributed by atoms with Gasteiger partial charge in [-0.2, -0.15) is 5.10 Å². The molecule has 198 valence electrons. The summed E-state index contributed by atoms with van der Waals surface area (Å²) < 4.78 is 13.8. The number of hydrogen-bond acceptors (Lipinski definition) is 7. The summed E-state index contributed by atoms with van der Waals surface area (Å²) in [4.78, 5) is 52.1. The average Bonchev–Trinajstić information content (AvgIpc) is 3.38. The molecule has 0 aliphatic carbocycles. The molecule has 0 bridgehead atoms. The predicted octanol–water partition coefficient (Wildman–Crippen LogP) is 4.67. The Hall–Kier alpha value is -4.47. The maximum absolute atomic E-state index is 13.7. The molecule has 4 aromatic rings. The van der Waals surface area contributed by atoms with Crippen LogP contribution in [-0.2, 0) is 9.53 Å². The summed E-state index contributed by atoms with van der Waals surface area (Å²) in [6, 6.07) is 9.84. The van der Waals surface area contributed by atoms with Gasteiger partial charge in [0.1, 0.15) is 23.0 Å². The Kier molecular flexibility index (Phi) is 7.34. The van der Waals surface area contributed by atoms with Gasteiger partial charge in [-0.3, -0.25) is 24.3 Å². The van der Waals surface area contributed by atoms with E-state index in [1.54, 1.807) is 18.5 Å². The van der Waals surface area contributed by atoms with E-state index >= 15 is 0 Å². The highest BCUT2D eigenvalue weighted by Gasteiger charge is 2.32. The highest BCUT2D eigenvalue weighted by Crippen LogP contribution is 2.31. The van der Waals surface area contributed by atoms with Gasteiger partial charge < -0.3 is 9.15 Å². The Bertz CT molecular complexity index is 1610. The van der Waals surface area contributed by atoms with Crippen LogP contribution >= 0.6 is 0 Å². The minimum absolute atomic E-state index is 0.0412. The van der Waals surface area contributed by atoms with Gasteiger partial charge in [-0.15, -0.1) is 0 Å². The maximum atomic E-state index is 13.7.